The van der Waals surface area contributed by atoms with E-state index in [1.807, 2.05) is 35.2 Å². The third-order valence-electron chi connectivity index (χ3n) is 28.7. The summed E-state index contributed by atoms with van der Waals surface area (Å²) in [4.78, 5) is 18.8. The van der Waals surface area contributed by atoms with E-state index >= 15 is 13.2 Å². The van der Waals surface area contributed by atoms with Crippen LogP contribution in [0.2, 0.25) is 0 Å². The van der Waals surface area contributed by atoms with E-state index in [1.54, 1.807) is 12.1 Å². The number of ether oxygens (including phenoxy) is 4. The molecule has 3 aliphatic rings. The van der Waals surface area contributed by atoms with Gasteiger partial charge in [0.15, 0.2) is 23.2 Å². The van der Waals surface area contributed by atoms with Crippen LogP contribution in [0.5, 0.6) is 11.5 Å². The SMILES string of the molecule is O=C(OCc1ccccc1)N1CCCCCCCCCCCCCCCCCCCCCCCCCCCCCCCCCCCCCCCCC2(CCCCCCCCCCCCCCCCCCCCCCCCCCCCCCCCCCCCCCCCCCCCCC23OCCO3)CN(c2cc(F)c(F)cc2Oc2cccc(F)c2)CCC1. The number of hydrogen-bond donors (Lipinski definition) is 0. The Morgan fingerprint density at radius 2 is 0.569 bits per heavy atom. The summed E-state index contributed by atoms with van der Waals surface area (Å²) in [7, 11) is 0. The van der Waals surface area contributed by atoms with Crippen LogP contribution in [0.25, 0.3) is 0 Å². The minimum atomic E-state index is -1.02. The molecule has 2 heterocycles. The van der Waals surface area contributed by atoms with E-state index in [4.69, 9.17) is 18.9 Å². The van der Waals surface area contributed by atoms with Crippen molar-refractivity contribution in [2.75, 3.05) is 44.3 Å². The zero-order valence-corrected chi connectivity index (χ0v) is 80.5. The van der Waals surface area contributed by atoms with Crippen molar-refractivity contribution in [3.8, 4) is 11.5 Å². The summed E-state index contributed by atoms with van der Waals surface area (Å²) in [6.45, 7) is 3.06. The normalized spacial score (nSPS) is 23.3. The van der Waals surface area contributed by atoms with Crippen molar-refractivity contribution >= 4 is 11.8 Å². The number of benzene rings is 3. The second-order valence-corrected chi connectivity index (χ2v) is 39.7. The summed E-state index contributed by atoms with van der Waals surface area (Å²) in [6, 6.07) is 18.4. The molecule has 10 heteroatoms. The van der Waals surface area contributed by atoms with Crippen molar-refractivity contribution in [1.29, 1.82) is 0 Å². The van der Waals surface area contributed by atoms with Gasteiger partial charge >= 0.3 is 6.09 Å². The fourth-order valence-electron chi connectivity index (χ4n) is 20.9. The lowest BCUT2D eigenvalue weighted by molar-refractivity contribution is -0.246. The number of fused-ring (bicyclic) bond motifs is 1. The van der Waals surface area contributed by atoms with Gasteiger partial charge < -0.3 is 28.7 Å². The number of carbonyl (C=O) groups is 1. The average molecular weight is 1720 g/mol. The van der Waals surface area contributed by atoms with Crippen LogP contribution in [-0.2, 0) is 20.8 Å². The zero-order valence-electron chi connectivity index (χ0n) is 80.5. The maximum absolute atomic E-state index is 16.7. The quantitative estimate of drug-likeness (QED) is 0.254. The molecule has 708 valence electrons. The van der Waals surface area contributed by atoms with Gasteiger partial charge in [0.05, 0.1) is 18.9 Å². The Kier molecular flexibility index (Phi) is 67.6. The predicted octanol–water partition coefficient (Wildman–Crippen LogP) is 38.3. The lowest BCUT2D eigenvalue weighted by Crippen LogP contribution is -2.56. The Bertz CT molecular complexity index is 2800. The molecule has 2 spiro atoms. The molecule has 0 aromatic heterocycles. The summed E-state index contributed by atoms with van der Waals surface area (Å²) >= 11 is 0. The van der Waals surface area contributed by atoms with Crippen LogP contribution in [0.4, 0.5) is 23.7 Å². The van der Waals surface area contributed by atoms with Gasteiger partial charge in [0.2, 0.25) is 0 Å². The van der Waals surface area contributed by atoms with Crippen molar-refractivity contribution < 1.29 is 36.9 Å². The second-order valence-electron chi connectivity index (χ2n) is 39.7. The smallest absolute Gasteiger partial charge is 0.410 e. The van der Waals surface area contributed by atoms with E-state index in [2.05, 4.69) is 4.90 Å². The molecule has 1 amide bonds. The van der Waals surface area contributed by atoms with Gasteiger partial charge in [0.1, 0.15) is 18.2 Å². The summed E-state index contributed by atoms with van der Waals surface area (Å²) in [6.07, 6.45) is 111. The number of nitrogens with zero attached hydrogens (tertiary/aromatic N) is 2. The molecule has 0 N–H and O–H groups in total. The summed E-state index contributed by atoms with van der Waals surface area (Å²) < 4.78 is 75.6. The van der Waals surface area contributed by atoms with Crippen molar-refractivity contribution in [3.05, 3.63) is 89.7 Å². The first-order valence-corrected chi connectivity index (χ1v) is 54.8. The maximum atomic E-state index is 16.7. The summed E-state index contributed by atoms with van der Waals surface area (Å²) in [5.74, 6) is -3.02. The van der Waals surface area contributed by atoms with Crippen molar-refractivity contribution in [2.24, 2.45) is 5.41 Å². The standard InChI is InChI=1S/C113H195F3N2O5/c114-105-89-85-90-106(99-105)123-110-101-108(116)107(115)100-109(110)118-96-86-95-117(111(119)120-102-104-87-79-78-80-88-104)94-84-77-73-69-65-61-57-53-49-45-41-37-33-29-25-21-17-13-9-8-11-15-19-23-27-31-35-39-43-47-51-55-59-63-67-71-75-82-92-112(103-118)91-81-74-70-66-62-58-54-50-46-42-38-34-30-26-22-18-14-10-6-4-2-1-3-5-7-12-16-20-24-28-32-36-40-44-48-52-56-60-64-68-72-76-83-93-113(112)121-97-98-122-113/h78-80,85,87-90,99-101H,1-77,81-84,86,91-98,102-103H2. The summed E-state index contributed by atoms with van der Waals surface area (Å²) in [5.41, 5.74) is 0.793. The number of rotatable bonds is 5. The molecular formula is C113H195F3N2O5. The van der Waals surface area contributed by atoms with Gasteiger partial charge in [-0.1, -0.05) is 544 Å². The molecule has 2 aliphatic heterocycles. The van der Waals surface area contributed by atoms with E-state index in [0.717, 1.165) is 88.7 Å². The zero-order chi connectivity index (χ0) is 86.4. The second kappa shape index (κ2) is 77.0. The molecule has 1 saturated carbocycles. The van der Waals surface area contributed by atoms with Crippen LogP contribution in [0, 0.1) is 22.9 Å². The van der Waals surface area contributed by atoms with E-state index in [0.29, 0.717) is 51.5 Å². The van der Waals surface area contributed by atoms with Crippen LogP contribution in [0.15, 0.2) is 66.7 Å². The van der Waals surface area contributed by atoms with Gasteiger partial charge in [-0.15, -0.1) is 0 Å². The Morgan fingerprint density at radius 3 is 0.878 bits per heavy atom. The van der Waals surface area contributed by atoms with Gasteiger partial charge in [-0.05, 0) is 49.8 Å². The Labute approximate surface area is 758 Å². The van der Waals surface area contributed by atoms with Gasteiger partial charge in [0, 0.05) is 56.2 Å². The van der Waals surface area contributed by atoms with Crippen LogP contribution in [0.3, 0.4) is 0 Å². The molecule has 0 bridgehead atoms. The number of hydrogen-bond acceptors (Lipinski definition) is 6. The molecule has 3 fully saturated rings. The van der Waals surface area contributed by atoms with Gasteiger partial charge in [-0.3, -0.25) is 0 Å². The largest absolute Gasteiger partial charge is 0.455 e. The molecule has 1 unspecified atom stereocenters. The first-order chi connectivity index (χ1) is 60.9. The number of halogens is 3. The molecule has 6 rings (SSSR count). The van der Waals surface area contributed by atoms with Gasteiger partial charge in [-0.2, -0.15) is 0 Å². The van der Waals surface area contributed by atoms with Gasteiger partial charge in [0.25, 0.3) is 0 Å². The minimum absolute atomic E-state index is 0.132. The highest BCUT2D eigenvalue weighted by atomic mass is 19.2. The Hall–Kier alpha value is -3.76. The monoisotopic (exact) mass is 1720 g/mol. The number of carbonyl (C=O) groups excluding carboxylic acids is 1. The molecule has 2 saturated heterocycles. The van der Waals surface area contributed by atoms with Gasteiger partial charge in [-0.25, -0.2) is 18.0 Å². The van der Waals surface area contributed by atoms with E-state index in [9.17, 15) is 4.79 Å². The number of anilines is 1. The van der Waals surface area contributed by atoms with E-state index in [-0.39, 0.29) is 24.2 Å². The van der Waals surface area contributed by atoms with Crippen molar-refractivity contribution in [1.82, 2.24) is 4.90 Å². The topological polar surface area (TPSA) is 60.5 Å². The Morgan fingerprint density at radius 1 is 0.293 bits per heavy atom. The molecule has 7 nitrogen and oxygen atoms in total. The maximum Gasteiger partial charge on any atom is 0.410 e. The lowest BCUT2D eigenvalue weighted by Gasteiger charge is -2.50. The predicted molar refractivity (Wildman–Crippen MR) is 523 cm³/mol. The average Bonchev–Trinajstić information content (AvgIpc) is 0.812. The third-order valence-corrected chi connectivity index (χ3v) is 28.7. The van der Waals surface area contributed by atoms with Crippen molar-refractivity contribution in [2.45, 2.75) is 558 Å². The molecule has 1 aliphatic carbocycles. The minimum Gasteiger partial charge on any atom is -0.455 e. The first-order valence-electron chi connectivity index (χ1n) is 54.8. The third kappa shape index (κ3) is 55.1. The van der Waals surface area contributed by atoms with Crippen LogP contribution < -0.4 is 9.64 Å². The highest BCUT2D eigenvalue weighted by Gasteiger charge is 2.55. The van der Waals surface area contributed by atoms with Crippen molar-refractivity contribution in [3.63, 3.8) is 0 Å². The molecule has 3 aromatic carbocycles. The lowest BCUT2D eigenvalue weighted by atomic mass is 9.68. The molecule has 3 aromatic rings. The highest BCUT2D eigenvalue weighted by Crippen LogP contribution is 2.52. The van der Waals surface area contributed by atoms with Crippen LogP contribution in [0.1, 0.15) is 551 Å². The summed E-state index contributed by atoms with van der Waals surface area (Å²) in [5, 5.41) is 0. The first kappa shape index (κ1) is 108. The highest BCUT2D eigenvalue weighted by molar-refractivity contribution is 5.67. The van der Waals surface area contributed by atoms with Crippen LogP contribution in [-0.4, -0.2) is 56.2 Å². The molecule has 0 radical (unpaired) electrons. The van der Waals surface area contributed by atoms with E-state index in [1.165, 1.54) is 480 Å². The fourth-order valence-corrected chi connectivity index (χ4v) is 20.9. The Balaban J connectivity index is 1.21. The van der Waals surface area contributed by atoms with E-state index < -0.39 is 28.7 Å². The molecule has 1 atom stereocenters. The fraction of sp³-hybridized carbons (Fsp3) is 0.832. The molecule has 123 heavy (non-hydrogen) atoms. The van der Waals surface area contributed by atoms with Crippen LogP contribution >= 0.6 is 0 Å². The molecular weight excluding hydrogens is 1520 g/mol. The number of amides is 1.